The summed E-state index contributed by atoms with van der Waals surface area (Å²) in [4.78, 5) is 14.1. The van der Waals surface area contributed by atoms with Crippen molar-refractivity contribution in [1.82, 2.24) is 4.90 Å². The SMILES string of the molecule is NCC1CCN(CC(=O)c2cc(Cl)sc2Cl)C1. The van der Waals surface area contributed by atoms with Crippen LogP contribution in [0.15, 0.2) is 6.07 Å². The number of Topliss-reactive ketones (excluding diaryl/α,β-unsaturated/α-hetero) is 1. The Morgan fingerprint density at radius 1 is 1.59 bits per heavy atom. The maximum Gasteiger partial charge on any atom is 0.179 e. The number of thiophene rings is 1. The summed E-state index contributed by atoms with van der Waals surface area (Å²) in [5.74, 6) is 0.556. The van der Waals surface area contributed by atoms with Crippen LogP contribution in [0.25, 0.3) is 0 Å². The molecule has 0 spiro atoms. The minimum Gasteiger partial charge on any atom is -0.330 e. The summed E-state index contributed by atoms with van der Waals surface area (Å²) >= 11 is 13.0. The van der Waals surface area contributed by atoms with E-state index in [4.69, 9.17) is 28.9 Å². The number of carbonyl (C=O) groups is 1. The molecule has 94 valence electrons. The lowest BCUT2D eigenvalue weighted by molar-refractivity contribution is 0.0944. The third-order valence-electron chi connectivity index (χ3n) is 3.03. The second-order valence-corrected chi connectivity index (χ2v) is 6.57. The maximum atomic E-state index is 12.0. The first-order chi connectivity index (χ1) is 8.10. The summed E-state index contributed by atoms with van der Waals surface area (Å²) in [6.07, 6.45) is 1.07. The molecule has 1 atom stereocenters. The Labute approximate surface area is 114 Å². The molecule has 1 unspecified atom stereocenters. The van der Waals surface area contributed by atoms with Gasteiger partial charge in [0.25, 0.3) is 0 Å². The van der Waals surface area contributed by atoms with Crippen molar-refractivity contribution in [2.75, 3.05) is 26.2 Å². The van der Waals surface area contributed by atoms with Crippen molar-refractivity contribution in [3.05, 3.63) is 20.3 Å². The molecule has 0 radical (unpaired) electrons. The van der Waals surface area contributed by atoms with Crippen LogP contribution in [-0.2, 0) is 0 Å². The summed E-state index contributed by atoms with van der Waals surface area (Å²) < 4.78 is 1.04. The Hall–Kier alpha value is -0.130. The van der Waals surface area contributed by atoms with Crippen LogP contribution in [0.3, 0.4) is 0 Å². The summed E-state index contributed by atoms with van der Waals surface area (Å²) in [5, 5.41) is 0. The number of carbonyl (C=O) groups excluding carboxylic acids is 1. The molecule has 1 saturated heterocycles. The fourth-order valence-electron chi connectivity index (χ4n) is 2.07. The van der Waals surface area contributed by atoms with E-state index in [2.05, 4.69) is 4.90 Å². The van der Waals surface area contributed by atoms with Crippen molar-refractivity contribution in [1.29, 1.82) is 0 Å². The first kappa shape index (κ1) is 13.3. The van der Waals surface area contributed by atoms with Gasteiger partial charge in [-0.15, -0.1) is 11.3 Å². The minimum atomic E-state index is 0.0378. The van der Waals surface area contributed by atoms with Gasteiger partial charge in [0.2, 0.25) is 0 Å². The van der Waals surface area contributed by atoms with Crippen molar-refractivity contribution in [3.8, 4) is 0 Å². The highest BCUT2D eigenvalue weighted by Crippen LogP contribution is 2.31. The Morgan fingerprint density at radius 2 is 2.35 bits per heavy atom. The van der Waals surface area contributed by atoms with E-state index in [-0.39, 0.29) is 5.78 Å². The second-order valence-electron chi connectivity index (χ2n) is 4.29. The number of hydrogen-bond acceptors (Lipinski definition) is 4. The normalized spacial score (nSPS) is 21.0. The first-order valence-corrected chi connectivity index (χ1v) is 7.08. The molecule has 2 heterocycles. The topological polar surface area (TPSA) is 46.3 Å². The molecule has 1 aliphatic heterocycles. The average molecular weight is 293 g/mol. The molecule has 1 aromatic rings. The molecule has 6 heteroatoms. The van der Waals surface area contributed by atoms with Crippen LogP contribution in [0.4, 0.5) is 0 Å². The maximum absolute atomic E-state index is 12.0. The number of rotatable bonds is 4. The lowest BCUT2D eigenvalue weighted by Gasteiger charge is -2.14. The van der Waals surface area contributed by atoms with Crippen molar-refractivity contribution < 1.29 is 4.79 Å². The Kier molecular flexibility index (Phi) is 4.44. The van der Waals surface area contributed by atoms with Gasteiger partial charge in [-0.1, -0.05) is 23.2 Å². The van der Waals surface area contributed by atoms with E-state index in [0.717, 1.165) is 19.5 Å². The Bertz CT molecular complexity index is 422. The molecule has 1 fully saturated rings. The molecular weight excluding hydrogens is 279 g/mol. The molecule has 3 nitrogen and oxygen atoms in total. The number of halogens is 2. The smallest absolute Gasteiger partial charge is 0.179 e. The fraction of sp³-hybridized carbons (Fsp3) is 0.545. The van der Waals surface area contributed by atoms with Gasteiger partial charge >= 0.3 is 0 Å². The fourth-order valence-corrected chi connectivity index (χ4v) is 3.57. The monoisotopic (exact) mass is 292 g/mol. The van der Waals surface area contributed by atoms with Gasteiger partial charge in [-0.05, 0) is 31.5 Å². The highest BCUT2D eigenvalue weighted by atomic mass is 35.5. The van der Waals surface area contributed by atoms with E-state index in [0.29, 0.717) is 33.2 Å². The molecule has 0 aliphatic carbocycles. The number of nitrogens with two attached hydrogens (primary N) is 1. The molecule has 2 N–H and O–H groups in total. The van der Waals surface area contributed by atoms with Gasteiger partial charge in [0.1, 0.15) is 4.34 Å². The van der Waals surface area contributed by atoms with Gasteiger partial charge in [-0.3, -0.25) is 9.69 Å². The van der Waals surface area contributed by atoms with Crippen molar-refractivity contribution >= 4 is 40.3 Å². The van der Waals surface area contributed by atoms with Gasteiger partial charge in [-0.25, -0.2) is 0 Å². The molecule has 2 rings (SSSR count). The summed E-state index contributed by atoms with van der Waals surface area (Å²) in [7, 11) is 0. The predicted molar refractivity (Wildman–Crippen MR) is 72.3 cm³/mol. The highest BCUT2D eigenvalue weighted by molar-refractivity contribution is 7.20. The van der Waals surface area contributed by atoms with Crippen LogP contribution in [0.2, 0.25) is 8.67 Å². The highest BCUT2D eigenvalue weighted by Gasteiger charge is 2.24. The zero-order chi connectivity index (χ0) is 12.4. The van der Waals surface area contributed by atoms with Gasteiger partial charge in [0, 0.05) is 6.54 Å². The predicted octanol–water partition coefficient (Wildman–Crippen LogP) is 2.52. The number of hydrogen-bond donors (Lipinski definition) is 1. The van der Waals surface area contributed by atoms with E-state index in [1.54, 1.807) is 6.07 Å². The Balaban J connectivity index is 1.96. The van der Waals surface area contributed by atoms with Crippen LogP contribution in [-0.4, -0.2) is 36.9 Å². The largest absolute Gasteiger partial charge is 0.330 e. The number of likely N-dealkylation sites (tertiary alicyclic amines) is 1. The van der Waals surface area contributed by atoms with E-state index in [1.165, 1.54) is 11.3 Å². The van der Waals surface area contributed by atoms with E-state index < -0.39 is 0 Å². The van der Waals surface area contributed by atoms with Crippen molar-refractivity contribution in [3.63, 3.8) is 0 Å². The van der Waals surface area contributed by atoms with E-state index >= 15 is 0 Å². The van der Waals surface area contributed by atoms with Gasteiger partial charge in [0.15, 0.2) is 5.78 Å². The van der Waals surface area contributed by atoms with E-state index in [1.807, 2.05) is 0 Å². The standard InChI is InChI=1S/C11H14Cl2N2OS/c12-10-3-8(11(13)17-10)9(16)6-15-2-1-7(4-14)5-15/h3,7H,1-2,4-6,14H2. The van der Waals surface area contributed by atoms with Crippen LogP contribution in [0, 0.1) is 5.92 Å². The molecule has 0 amide bonds. The molecular formula is C11H14Cl2N2OS. The summed E-state index contributed by atoms with van der Waals surface area (Å²) in [6.45, 7) is 2.93. The summed E-state index contributed by atoms with van der Waals surface area (Å²) in [5.41, 5.74) is 6.16. The zero-order valence-electron chi connectivity index (χ0n) is 9.29. The summed E-state index contributed by atoms with van der Waals surface area (Å²) in [6, 6.07) is 1.65. The zero-order valence-corrected chi connectivity index (χ0v) is 11.6. The molecule has 17 heavy (non-hydrogen) atoms. The van der Waals surface area contributed by atoms with Crippen LogP contribution < -0.4 is 5.73 Å². The van der Waals surface area contributed by atoms with Gasteiger partial charge in [0.05, 0.1) is 16.4 Å². The number of nitrogens with zero attached hydrogens (tertiary/aromatic N) is 1. The second kappa shape index (κ2) is 5.67. The van der Waals surface area contributed by atoms with Gasteiger partial charge in [-0.2, -0.15) is 0 Å². The molecule has 1 aliphatic rings. The quantitative estimate of drug-likeness (QED) is 0.868. The molecule has 0 bridgehead atoms. The first-order valence-electron chi connectivity index (χ1n) is 5.50. The number of ketones is 1. The minimum absolute atomic E-state index is 0.0378. The lowest BCUT2D eigenvalue weighted by Crippen LogP contribution is -2.28. The Morgan fingerprint density at radius 3 is 2.88 bits per heavy atom. The van der Waals surface area contributed by atoms with E-state index in [9.17, 15) is 4.79 Å². The molecule has 0 saturated carbocycles. The van der Waals surface area contributed by atoms with Crippen LogP contribution >= 0.6 is 34.5 Å². The van der Waals surface area contributed by atoms with Crippen molar-refractivity contribution in [2.45, 2.75) is 6.42 Å². The molecule has 1 aromatic heterocycles. The van der Waals surface area contributed by atoms with Crippen LogP contribution in [0.1, 0.15) is 16.8 Å². The lowest BCUT2D eigenvalue weighted by atomic mass is 10.1. The average Bonchev–Trinajstić information content (AvgIpc) is 2.85. The third kappa shape index (κ3) is 3.20. The van der Waals surface area contributed by atoms with Crippen molar-refractivity contribution in [2.24, 2.45) is 11.7 Å². The van der Waals surface area contributed by atoms with Gasteiger partial charge < -0.3 is 5.73 Å². The van der Waals surface area contributed by atoms with Crippen LogP contribution in [0.5, 0.6) is 0 Å². The molecule has 0 aromatic carbocycles. The third-order valence-corrected chi connectivity index (χ3v) is 4.52.